The minimum absolute atomic E-state index is 0.152. The van der Waals surface area contributed by atoms with Crippen LogP contribution in [0.3, 0.4) is 0 Å². The Morgan fingerprint density at radius 2 is 2.24 bits per heavy atom. The number of nitro groups is 1. The van der Waals surface area contributed by atoms with Gasteiger partial charge in [0.25, 0.3) is 5.91 Å². The second-order valence-corrected chi connectivity index (χ2v) is 5.66. The van der Waals surface area contributed by atoms with Crippen LogP contribution in [0.15, 0.2) is 17.6 Å². The van der Waals surface area contributed by atoms with Gasteiger partial charge >= 0.3 is 5.69 Å². The van der Waals surface area contributed by atoms with Crippen LogP contribution >= 0.6 is 22.9 Å². The molecule has 9 heteroatoms. The summed E-state index contributed by atoms with van der Waals surface area (Å²) in [7, 11) is 0. The first-order valence-corrected chi connectivity index (χ1v) is 7.21. The van der Waals surface area contributed by atoms with E-state index in [-0.39, 0.29) is 16.6 Å². The molecule has 0 radical (unpaired) electrons. The Kier molecular flexibility index (Phi) is 4.49. The van der Waals surface area contributed by atoms with Gasteiger partial charge in [-0.1, -0.05) is 25.4 Å². The highest BCUT2D eigenvalue weighted by Crippen LogP contribution is 2.27. The van der Waals surface area contributed by atoms with Crippen molar-refractivity contribution in [2.75, 3.05) is 5.32 Å². The van der Waals surface area contributed by atoms with Crippen molar-refractivity contribution in [3.63, 3.8) is 0 Å². The molecule has 0 atom stereocenters. The molecule has 2 heterocycles. The van der Waals surface area contributed by atoms with Gasteiger partial charge in [0.1, 0.15) is 5.56 Å². The van der Waals surface area contributed by atoms with Crippen LogP contribution in [-0.4, -0.2) is 20.8 Å². The molecule has 110 valence electrons. The fourth-order valence-electron chi connectivity index (χ4n) is 1.56. The number of rotatable bonds is 4. The molecule has 0 saturated carbocycles. The van der Waals surface area contributed by atoms with Gasteiger partial charge in [0.15, 0.2) is 5.13 Å². The van der Waals surface area contributed by atoms with Gasteiger partial charge in [0, 0.05) is 11.6 Å². The van der Waals surface area contributed by atoms with Gasteiger partial charge in [-0.15, -0.1) is 11.3 Å². The summed E-state index contributed by atoms with van der Waals surface area (Å²) >= 11 is 6.93. The van der Waals surface area contributed by atoms with Crippen molar-refractivity contribution in [2.45, 2.75) is 19.8 Å². The number of thiazole rings is 1. The van der Waals surface area contributed by atoms with Crippen molar-refractivity contribution in [1.29, 1.82) is 0 Å². The smallest absolute Gasteiger partial charge is 0.298 e. The fourth-order valence-corrected chi connectivity index (χ4v) is 2.65. The molecule has 0 aliphatic rings. The molecule has 0 aromatic carbocycles. The quantitative estimate of drug-likeness (QED) is 0.527. The van der Waals surface area contributed by atoms with E-state index in [1.165, 1.54) is 23.6 Å². The highest BCUT2D eigenvalue weighted by Gasteiger charge is 2.25. The van der Waals surface area contributed by atoms with Gasteiger partial charge < -0.3 is 0 Å². The molecule has 0 unspecified atom stereocenters. The Balaban J connectivity index is 2.28. The zero-order chi connectivity index (χ0) is 15.6. The summed E-state index contributed by atoms with van der Waals surface area (Å²) in [6.45, 7) is 3.96. The number of nitrogens with one attached hydrogen (secondary N) is 1. The van der Waals surface area contributed by atoms with Crippen LogP contribution in [-0.2, 0) is 0 Å². The molecule has 2 aromatic heterocycles. The first-order chi connectivity index (χ1) is 9.90. The second kappa shape index (κ2) is 6.15. The van der Waals surface area contributed by atoms with E-state index in [1.54, 1.807) is 0 Å². The number of pyridine rings is 1. The van der Waals surface area contributed by atoms with Crippen molar-refractivity contribution < 1.29 is 9.72 Å². The van der Waals surface area contributed by atoms with E-state index in [9.17, 15) is 14.9 Å². The predicted octanol–water partition coefficient (Wildman–Crippen LogP) is 3.48. The summed E-state index contributed by atoms with van der Waals surface area (Å²) in [6, 6.07) is 1.25. The molecule has 0 aliphatic carbocycles. The number of anilines is 1. The molecular weight excluding hydrogens is 316 g/mol. The van der Waals surface area contributed by atoms with E-state index in [0.29, 0.717) is 5.13 Å². The fraction of sp³-hybridized carbons (Fsp3) is 0.250. The molecule has 0 spiro atoms. The van der Waals surface area contributed by atoms with Gasteiger partial charge in [-0.05, 0) is 12.0 Å². The normalized spacial score (nSPS) is 10.7. The van der Waals surface area contributed by atoms with E-state index in [0.717, 1.165) is 5.69 Å². The monoisotopic (exact) mass is 326 g/mol. The topological polar surface area (TPSA) is 98.0 Å². The maximum atomic E-state index is 12.1. The van der Waals surface area contributed by atoms with Crippen molar-refractivity contribution in [2.24, 2.45) is 0 Å². The summed E-state index contributed by atoms with van der Waals surface area (Å²) in [4.78, 5) is 30.2. The predicted molar refractivity (Wildman–Crippen MR) is 80.1 cm³/mol. The van der Waals surface area contributed by atoms with Crippen molar-refractivity contribution in [1.82, 2.24) is 9.97 Å². The molecule has 21 heavy (non-hydrogen) atoms. The summed E-state index contributed by atoms with van der Waals surface area (Å²) in [5.74, 6) is -0.410. The Labute approximate surface area is 129 Å². The maximum Gasteiger partial charge on any atom is 0.319 e. The Morgan fingerprint density at radius 3 is 2.81 bits per heavy atom. The van der Waals surface area contributed by atoms with E-state index in [4.69, 9.17) is 11.6 Å². The lowest BCUT2D eigenvalue weighted by molar-refractivity contribution is -0.385. The molecule has 0 saturated heterocycles. The third kappa shape index (κ3) is 3.34. The lowest BCUT2D eigenvalue weighted by atomic mass is 10.2. The number of halogens is 1. The van der Waals surface area contributed by atoms with Gasteiger partial charge in [0.05, 0.1) is 10.6 Å². The van der Waals surface area contributed by atoms with E-state index >= 15 is 0 Å². The van der Waals surface area contributed by atoms with Gasteiger partial charge in [-0.3, -0.25) is 20.2 Å². The number of hydrogen-bond acceptors (Lipinski definition) is 6. The molecule has 0 aliphatic heterocycles. The zero-order valence-corrected chi connectivity index (χ0v) is 12.7. The lowest BCUT2D eigenvalue weighted by Crippen LogP contribution is -2.14. The van der Waals surface area contributed by atoms with Crippen LogP contribution in [0.25, 0.3) is 0 Å². The first kappa shape index (κ1) is 15.3. The minimum atomic E-state index is -0.731. The number of carbonyl (C=O) groups excluding carboxylic acids is 1. The van der Waals surface area contributed by atoms with E-state index in [1.807, 2.05) is 19.2 Å². The Hall–Kier alpha value is -2.06. The van der Waals surface area contributed by atoms with Crippen molar-refractivity contribution in [3.8, 4) is 0 Å². The third-order valence-corrected chi connectivity index (χ3v) is 3.69. The van der Waals surface area contributed by atoms with E-state index < -0.39 is 16.5 Å². The molecule has 0 bridgehead atoms. The number of nitrogens with zero attached hydrogens (tertiary/aromatic N) is 3. The summed E-state index contributed by atoms with van der Waals surface area (Å²) in [5, 5.41) is 15.4. The summed E-state index contributed by atoms with van der Waals surface area (Å²) < 4.78 is 0. The van der Waals surface area contributed by atoms with Crippen LogP contribution in [0.4, 0.5) is 10.8 Å². The number of amides is 1. The lowest BCUT2D eigenvalue weighted by Gasteiger charge is -2.03. The number of hydrogen-bond donors (Lipinski definition) is 1. The van der Waals surface area contributed by atoms with Gasteiger partial charge in [0.2, 0.25) is 5.15 Å². The standard InChI is InChI=1S/C12H11ClN4O3S/c1-6(2)8-5-21-12(15-8)16-11(18)7-3-4-14-10(13)9(7)17(19)20/h3-6H,1-2H3,(H,15,16,18). The number of carbonyl (C=O) groups is 1. The number of aromatic nitrogens is 2. The van der Waals surface area contributed by atoms with Gasteiger partial charge in [-0.2, -0.15) is 0 Å². The third-order valence-electron chi connectivity index (χ3n) is 2.64. The molecule has 2 rings (SSSR count). The second-order valence-electron chi connectivity index (χ2n) is 4.44. The van der Waals surface area contributed by atoms with Crippen LogP contribution in [0, 0.1) is 10.1 Å². The maximum absolute atomic E-state index is 12.1. The molecule has 0 fully saturated rings. The first-order valence-electron chi connectivity index (χ1n) is 5.95. The molecule has 1 amide bonds. The molecule has 1 N–H and O–H groups in total. The Bertz CT molecular complexity index is 702. The highest BCUT2D eigenvalue weighted by atomic mass is 35.5. The molecule has 2 aromatic rings. The largest absolute Gasteiger partial charge is 0.319 e. The SMILES string of the molecule is CC(C)c1csc(NC(=O)c2ccnc(Cl)c2[N+](=O)[O-])n1. The summed E-state index contributed by atoms with van der Waals surface area (Å²) in [6.07, 6.45) is 1.24. The minimum Gasteiger partial charge on any atom is -0.298 e. The summed E-state index contributed by atoms with van der Waals surface area (Å²) in [5.41, 5.74) is 0.177. The van der Waals surface area contributed by atoms with E-state index in [2.05, 4.69) is 15.3 Å². The molecular formula is C12H11ClN4O3S. The average Bonchev–Trinajstić information content (AvgIpc) is 2.86. The Morgan fingerprint density at radius 1 is 1.52 bits per heavy atom. The van der Waals surface area contributed by atoms with Crippen LogP contribution in [0.1, 0.15) is 35.8 Å². The van der Waals surface area contributed by atoms with Crippen molar-refractivity contribution in [3.05, 3.63) is 44.2 Å². The van der Waals surface area contributed by atoms with Crippen LogP contribution in [0.2, 0.25) is 5.15 Å². The van der Waals surface area contributed by atoms with Crippen LogP contribution in [0.5, 0.6) is 0 Å². The van der Waals surface area contributed by atoms with Crippen LogP contribution < -0.4 is 5.32 Å². The highest BCUT2D eigenvalue weighted by molar-refractivity contribution is 7.14. The molecule has 7 nitrogen and oxygen atoms in total. The zero-order valence-electron chi connectivity index (χ0n) is 11.2. The average molecular weight is 327 g/mol. The van der Waals surface area contributed by atoms with Crippen molar-refractivity contribution >= 4 is 39.7 Å². The van der Waals surface area contributed by atoms with Gasteiger partial charge in [-0.25, -0.2) is 9.97 Å².